The molecule has 1 aliphatic rings. The third-order valence-corrected chi connectivity index (χ3v) is 4.66. The van der Waals surface area contributed by atoms with Crippen molar-refractivity contribution in [1.82, 2.24) is 0 Å². The van der Waals surface area contributed by atoms with E-state index in [9.17, 15) is 0 Å². The Morgan fingerprint density at radius 1 is 1.26 bits per heavy atom. The molecule has 0 aromatic heterocycles. The number of nitriles is 2. The number of fused-ring (bicyclic) bond motifs is 1. The van der Waals surface area contributed by atoms with Gasteiger partial charge in [-0.1, -0.05) is 24.3 Å². The number of nitrogens with zero attached hydrogens (tertiary/aromatic N) is 3. The van der Waals surface area contributed by atoms with Gasteiger partial charge in [0.15, 0.2) is 0 Å². The van der Waals surface area contributed by atoms with E-state index >= 15 is 0 Å². The molecule has 2 aromatic carbocycles. The van der Waals surface area contributed by atoms with Crippen molar-refractivity contribution >= 4 is 17.1 Å². The summed E-state index contributed by atoms with van der Waals surface area (Å²) >= 11 is 0. The second-order valence-electron chi connectivity index (χ2n) is 6.41. The fourth-order valence-electron chi connectivity index (χ4n) is 3.27. The lowest BCUT2D eigenvalue weighted by molar-refractivity contribution is 0.413. The van der Waals surface area contributed by atoms with Gasteiger partial charge in [0.1, 0.15) is 17.9 Å². The monoisotopic (exact) mass is 359 g/mol. The van der Waals surface area contributed by atoms with Crippen molar-refractivity contribution in [2.45, 2.75) is 31.7 Å². The number of benzene rings is 2. The first-order valence-electron chi connectivity index (χ1n) is 8.88. The van der Waals surface area contributed by atoms with E-state index in [-0.39, 0.29) is 5.71 Å². The predicted octanol–water partition coefficient (Wildman–Crippen LogP) is 3.87. The summed E-state index contributed by atoms with van der Waals surface area (Å²) in [5, 5.41) is 24.9. The van der Waals surface area contributed by atoms with Crippen LogP contribution >= 0.6 is 0 Å². The summed E-state index contributed by atoms with van der Waals surface area (Å²) in [6, 6.07) is 17.9. The molecule has 0 aliphatic carbocycles. The summed E-state index contributed by atoms with van der Waals surface area (Å²) in [5.74, 6) is 0.895. The zero-order chi connectivity index (χ0) is 19.1. The highest BCUT2D eigenvalue weighted by Crippen LogP contribution is 2.34. The van der Waals surface area contributed by atoms with Gasteiger partial charge >= 0.3 is 0 Å². The Hall–Kier alpha value is -3.51. The average molecular weight is 359 g/mol. The second-order valence-corrected chi connectivity index (χ2v) is 6.41. The first kappa shape index (κ1) is 18.3. The number of para-hydroxylation sites is 1. The molecular weight excluding hydrogens is 338 g/mol. The summed E-state index contributed by atoms with van der Waals surface area (Å²) in [6.07, 6.45) is 4.07. The van der Waals surface area contributed by atoms with Gasteiger partial charge in [0, 0.05) is 6.04 Å². The van der Waals surface area contributed by atoms with E-state index < -0.39 is 0 Å². The third kappa shape index (κ3) is 4.56. The van der Waals surface area contributed by atoms with Gasteiger partial charge in [-0.05, 0) is 55.0 Å². The first-order chi connectivity index (χ1) is 13.2. The van der Waals surface area contributed by atoms with Crippen molar-refractivity contribution in [1.29, 1.82) is 10.5 Å². The molecule has 136 valence electrons. The molecule has 3 rings (SSSR count). The SMILES string of the molecule is COc1cccc2c1NC(CCc1cccc(NN=C(C#N)C#N)c1)CC2. The van der Waals surface area contributed by atoms with Crippen molar-refractivity contribution in [3.05, 3.63) is 53.6 Å². The molecule has 0 spiro atoms. The topological polar surface area (TPSA) is 93.2 Å². The first-order valence-corrected chi connectivity index (χ1v) is 8.88. The molecule has 6 nitrogen and oxygen atoms in total. The second kappa shape index (κ2) is 8.73. The molecule has 1 unspecified atom stereocenters. The Morgan fingerprint density at radius 2 is 2.07 bits per heavy atom. The van der Waals surface area contributed by atoms with Crippen LogP contribution in [0, 0.1) is 22.7 Å². The van der Waals surface area contributed by atoms with Gasteiger partial charge in [-0.15, -0.1) is 0 Å². The van der Waals surface area contributed by atoms with Crippen LogP contribution in [-0.4, -0.2) is 18.9 Å². The van der Waals surface area contributed by atoms with Gasteiger partial charge in [-0.25, -0.2) is 0 Å². The van der Waals surface area contributed by atoms with Crippen molar-refractivity contribution in [3.63, 3.8) is 0 Å². The van der Waals surface area contributed by atoms with Crippen molar-refractivity contribution in [2.24, 2.45) is 5.10 Å². The molecule has 0 fully saturated rings. The maximum atomic E-state index is 8.74. The molecule has 1 atom stereocenters. The van der Waals surface area contributed by atoms with Crippen LogP contribution in [0.1, 0.15) is 24.0 Å². The van der Waals surface area contributed by atoms with Crippen molar-refractivity contribution < 1.29 is 4.74 Å². The molecule has 0 radical (unpaired) electrons. The van der Waals surface area contributed by atoms with Crippen LogP contribution in [0.15, 0.2) is 47.6 Å². The Labute approximate surface area is 159 Å². The van der Waals surface area contributed by atoms with Crippen LogP contribution in [0.3, 0.4) is 0 Å². The molecule has 0 bridgehead atoms. The summed E-state index contributed by atoms with van der Waals surface area (Å²) in [5.41, 5.74) is 6.93. The Morgan fingerprint density at radius 3 is 2.85 bits per heavy atom. The summed E-state index contributed by atoms with van der Waals surface area (Å²) < 4.78 is 5.48. The normalized spacial score (nSPS) is 14.7. The van der Waals surface area contributed by atoms with Crippen LogP contribution in [0.25, 0.3) is 0 Å². The maximum absolute atomic E-state index is 8.74. The third-order valence-electron chi connectivity index (χ3n) is 4.66. The highest BCUT2D eigenvalue weighted by atomic mass is 16.5. The molecule has 0 amide bonds. The number of rotatable bonds is 6. The lowest BCUT2D eigenvalue weighted by atomic mass is 9.93. The lowest BCUT2D eigenvalue weighted by Crippen LogP contribution is -2.26. The molecule has 6 heteroatoms. The zero-order valence-electron chi connectivity index (χ0n) is 15.2. The largest absolute Gasteiger partial charge is 0.495 e. The van der Waals surface area contributed by atoms with E-state index in [1.165, 1.54) is 11.1 Å². The van der Waals surface area contributed by atoms with Crippen molar-refractivity contribution in [3.8, 4) is 17.9 Å². The van der Waals surface area contributed by atoms with Gasteiger partial charge in [0.05, 0.1) is 18.5 Å². The number of ether oxygens (including phenoxy) is 1. The molecular formula is C21H21N5O. The minimum absolute atomic E-state index is 0.195. The molecule has 2 N–H and O–H groups in total. The maximum Gasteiger partial charge on any atom is 0.237 e. The molecule has 0 saturated heterocycles. The van der Waals surface area contributed by atoms with E-state index in [0.29, 0.717) is 6.04 Å². The highest BCUT2D eigenvalue weighted by molar-refractivity contribution is 6.10. The number of nitrogens with one attached hydrogen (secondary N) is 2. The predicted molar refractivity (Wildman–Crippen MR) is 106 cm³/mol. The van der Waals surface area contributed by atoms with Gasteiger partial charge in [0.25, 0.3) is 0 Å². The molecule has 27 heavy (non-hydrogen) atoms. The number of hydrogen-bond donors (Lipinski definition) is 2. The molecule has 2 aromatic rings. The van der Waals surface area contributed by atoms with Crippen LogP contribution in [-0.2, 0) is 12.8 Å². The summed E-state index contributed by atoms with van der Waals surface area (Å²) in [4.78, 5) is 0. The van der Waals surface area contributed by atoms with E-state index in [1.54, 1.807) is 19.2 Å². The van der Waals surface area contributed by atoms with Gasteiger partial charge < -0.3 is 10.1 Å². The lowest BCUT2D eigenvalue weighted by Gasteiger charge is -2.28. The molecule has 1 heterocycles. The smallest absolute Gasteiger partial charge is 0.237 e. The summed E-state index contributed by atoms with van der Waals surface area (Å²) in [6.45, 7) is 0. The van der Waals surface area contributed by atoms with Gasteiger partial charge in [-0.2, -0.15) is 15.6 Å². The number of methoxy groups -OCH3 is 1. The standard InChI is InChI=1S/C21H21N5O/c1-27-20-7-3-5-16-9-11-17(24-21(16)20)10-8-15-4-2-6-18(12-15)25-26-19(13-22)14-23/h2-7,12,17,24-25H,8-11H2,1H3. The fourth-order valence-corrected chi connectivity index (χ4v) is 3.27. The fraction of sp³-hybridized carbons (Fsp3) is 0.286. The van der Waals surface area contributed by atoms with E-state index in [1.807, 2.05) is 30.3 Å². The van der Waals surface area contributed by atoms with Crippen LogP contribution in [0.5, 0.6) is 5.75 Å². The molecule has 1 aliphatic heterocycles. The minimum atomic E-state index is -0.195. The van der Waals surface area contributed by atoms with Gasteiger partial charge in [-0.3, -0.25) is 5.43 Å². The van der Waals surface area contributed by atoms with E-state index in [0.717, 1.165) is 42.8 Å². The highest BCUT2D eigenvalue weighted by Gasteiger charge is 2.20. The Balaban J connectivity index is 1.61. The van der Waals surface area contributed by atoms with Crippen LogP contribution < -0.4 is 15.5 Å². The summed E-state index contributed by atoms with van der Waals surface area (Å²) in [7, 11) is 1.70. The van der Waals surface area contributed by atoms with Crippen molar-refractivity contribution in [2.75, 3.05) is 17.9 Å². The number of aryl methyl sites for hydroxylation is 2. The van der Waals surface area contributed by atoms with Crippen LogP contribution in [0.2, 0.25) is 0 Å². The van der Waals surface area contributed by atoms with E-state index in [2.05, 4.69) is 28.0 Å². The van der Waals surface area contributed by atoms with Crippen LogP contribution in [0.4, 0.5) is 11.4 Å². The molecule has 0 saturated carbocycles. The number of hydrazone groups is 1. The minimum Gasteiger partial charge on any atom is -0.495 e. The average Bonchev–Trinajstić information content (AvgIpc) is 2.72. The van der Waals surface area contributed by atoms with Gasteiger partial charge in [0.2, 0.25) is 5.71 Å². The number of hydrogen-bond acceptors (Lipinski definition) is 6. The zero-order valence-corrected chi connectivity index (χ0v) is 15.2. The van der Waals surface area contributed by atoms with E-state index in [4.69, 9.17) is 15.3 Å². The Bertz CT molecular complexity index is 893. The Kier molecular flexibility index (Phi) is 5.91. The quantitative estimate of drug-likeness (QED) is 0.603. The number of anilines is 2.